The summed E-state index contributed by atoms with van der Waals surface area (Å²) in [6, 6.07) is 5.32. The number of nitrogens with one attached hydrogen (secondary N) is 1. The molecule has 1 unspecified atom stereocenters. The van der Waals surface area contributed by atoms with Gasteiger partial charge in [0.25, 0.3) is 0 Å². The molecule has 0 bridgehead atoms. The van der Waals surface area contributed by atoms with Gasteiger partial charge in [0.05, 0.1) is 0 Å². The molecule has 5 nitrogen and oxygen atoms in total. The fourth-order valence-electron chi connectivity index (χ4n) is 2.87. The summed E-state index contributed by atoms with van der Waals surface area (Å²) >= 11 is 6.00. The minimum atomic E-state index is -0.316. The van der Waals surface area contributed by atoms with Gasteiger partial charge in [0.1, 0.15) is 11.2 Å². The number of aryl methyl sites for hydroxylation is 1. The summed E-state index contributed by atoms with van der Waals surface area (Å²) in [4.78, 5) is 23.6. The molecule has 2 rings (SSSR count). The minimum absolute atomic E-state index is 0.119. The molecule has 2 aromatic rings. The Bertz CT molecular complexity index is 729. The minimum Gasteiger partial charge on any atom is -0.373 e. The van der Waals surface area contributed by atoms with Gasteiger partial charge in [-0.3, -0.25) is 4.79 Å². The number of fused-ring (bicyclic) bond motifs is 1. The van der Waals surface area contributed by atoms with E-state index in [2.05, 4.69) is 29.1 Å². The fourth-order valence-corrected chi connectivity index (χ4v) is 3.02. The Morgan fingerprint density at radius 1 is 1.20 bits per heavy atom. The van der Waals surface area contributed by atoms with E-state index in [1.807, 2.05) is 30.9 Å². The summed E-state index contributed by atoms with van der Waals surface area (Å²) in [7, 11) is 0. The van der Waals surface area contributed by atoms with Gasteiger partial charge in [-0.05, 0) is 44.4 Å². The Hall–Kier alpha value is -1.88. The van der Waals surface area contributed by atoms with Crippen molar-refractivity contribution in [1.82, 2.24) is 14.9 Å². The molecule has 25 heavy (non-hydrogen) atoms. The first kappa shape index (κ1) is 19.4. The van der Waals surface area contributed by atoms with Crippen molar-refractivity contribution in [1.29, 1.82) is 0 Å². The second-order valence-corrected chi connectivity index (χ2v) is 6.60. The first-order valence-corrected chi connectivity index (χ1v) is 9.39. The van der Waals surface area contributed by atoms with Crippen LogP contribution in [0.15, 0.2) is 18.2 Å². The maximum absolute atomic E-state index is 12.8. The number of carbonyl (C=O) groups excluding carboxylic acids is 1. The SMILES string of the molecule is CCCN(CCC)C(=O)C(C)Nc1cc(CC)nc2nc(Cl)ccc12. The van der Waals surface area contributed by atoms with Gasteiger partial charge in [-0.15, -0.1) is 0 Å². The van der Waals surface area contributed by atoms with E-state index in [4.69, 9.17) is 11.6 Å². The zero-order chi connectivity index (χ0) is 18.4. The van der Waals surface area contributed by atoms with Crippen LogP contribution in [0.4, 0.5) is 5.69 Å². The molecular weight excluding hydrogens is 336 g/mol. The number of carbonyl (C=O) groups is 1. The lowest BCUT2D eigenvalue weighted by Gasteiger charge is -2.26. The van der Waals surface area contributed by atoms with E-state index >= 15 is 0 Å². The molecule has 0 aromatic carbocycles. The van der Waals surface area contributed by atoms with E-state index in [1.54, 1.807) is 6.07 Å². The van der Waals surface area contributed by atoms with Crippen molar-refractivity contribution in [2.24, 2.45) is 0 Å². The molecule has 0 fully saturated rings. The van der Waals surface area contributed by atoms with Crippen molar-refractivity contribution in [2.75, 3.05) is 18.4 Å². The molecule has 1 amide bonds. The number of hydrogen-bond donors (Lipinski definition) is 1. The predicted octanol–water partition coefficient (Wildman–Crippen LogP) is 4.29. The van der Waals surface area contributed by atoms with Crippen molar-refractivity contribution in [3.8, 4) is 0 Å². The van der Waals surface area contributed by atoms with Crippen LogP contribution in [0.3, 0.4) is 0 Å². The first-order valence-electron chi connectivity index (χ1n) is 9.01. The van der Waals surface area contributed by atoms with E-state index in [0.717, 1.165) is 49.1 Å². The fraction of sp³-hybridized carbons (Fsp3) is 0.526. The lowest BCUT2D eigenvalue weighted by Crippen LogP contribution is -2.42. The lowest BCUT2D eigenvalue weighted by atomic mass is 10.1. The number of amides is 1. The van der Waals surface area contributed by atoms with Gasteiger partial charge in [-0.2, -0.15) is 0 Å². The zero-order valence-electron chi connectivity index (χ0n) is 15.5. The summed E-state index contributed by atoms with van der Waals surface area (Å²) in [6.07, 6.45) is 2.71. The van der Waals surface area contributed by atoms with Crippen molar-refractivity contribution in [2.45, 2.75) is 53.0 Å². The molecule has 0 saturated heterocycles. The number of anilines is 1. The Labute approximate surface area is 154 Å². The summed E-state index contributed by atoms with van der Waals surface area (Å²) in [5.41, 5.74) is 2.40. The highest BCUT2D eigenvalue weighted by molar-refractivity contribution is 6.29. The van der Waals surface area contributed by atoms with Gasteiger partial charge in [-0.25, -0.2) is 9.97 Å². The first-order chi connectivity index (χ1) is 12.0. The summed E-state index contributed by atoms with van der Waals surface area (Å²) in [5, 5.41) is 4.65. The number of rotatable bonds is 8. The second kappa shape index (κ2) is 8.99. The maximum Gasteiger partial charge on any atom is 0.244 e. The summed E-state index contributed by atoms with van der Waals surface area (Å²) < 4.78 is 0. The highest BCUT2D eigenvalue weighted by Crippen LogP contribution is 2.25. The Morgan fingerprint density at radius 3 is 2.48 bits per heavy atom. The number of aromatic nitrogens is 2. The van der Waals surface area contributed by atoms with Crippen LogP contribution in [0.1, 0.15) is 46.2 Å². The van der Waals surface area contributed by atoms with Gasteiger partial charge in [-0.1, -0.05) is 32.4 Å². The van der Waals surface area contributed by atoms with Crippen LogP contribution in [0, 0.1) is 0 Å². The van der Waals surface area contributed by atoms with Gasteiger partial charge < -0.3 is 10.2 Å². The molecule has 0 aliphatic rings. The van der Waals surface area contributed by atoms with Gasteiger partial charge in [0.2, 0.25) is 5.91 Å². The molecule has 0 spiro atoms. The molecule has 0 radical (unpaired) electrons. The number of pyridine rings is 2. The number of halogens is 1. The van der Waals surface area contributed by atoms with E-state index in [9.17, 15) is 4.79 Å². The summed E-state index contributed by atoms with van der Waals surface area (Å²) in [6.45, 7) is 9.70. The summed E-state index contributed by atoms with van der Waals surface area (Å²) in [5.74, 6) is 0.119. The van der Waals surface area contributed by atoms with Crippen LogP contribution in [0.2, 0.25) is 5.15 Å². The van der Waals surface area contributed by atoms with E-state index in [1.165, 1.54) is 0 Å². The van der Waals surface area contributed by atoms with E-state index < -0.39 is 0 Å². The lowest BCUT2D eigenvalue weighted by molar-refractivity contribution is -0.131. The van der Waals surface area contributed by atoms with Gasteiger partial charge in [0, 0.05) is 29.9 Å². The molecule has 136 valence electrons. The molecule has 0 saturated carbocycles. The van der Waals surface area contributed by atoms with Crippen molar-refractivity contribution >= 4 is 34.2 Å². The number of nitrogens with zero attached hydrogens (tertiary/aromatic N) is 3. The Kier molecular flexibility index (Phi) is 7.00. The number of hydrogen-bond acceptors (Lipinski definition) is 4. The quantitative estimate of drug-likeness (QED) is 0.711. The molecule has 2 heterocycles. The standard InChI is InChI=1S/C19H27ClN4O/c1-5-10-24(11-6-2)19(25)13(4)21-16-12-14(7-3)22-18-15(16)8-9-17(20)23-18/h8-9,12-13H,5-7,10-11H2,1-4H3,(H,21,22,23). The molecule has 1 atom stereocenters. The Morgan fingerprint density at radius 2 is 1.88 bits per heavy atom. The molecule has 2 aromatic heterocycles. The van der Waals surface area contributed by atoms with E-state index in [-0.39, 0.29) is 11.9 Å². The smallest absolute Gasteiger partial charge is 0.244 e. The van der Waals surface area contributed by atoms with Crippen LogP contribution in [0.5, 0.6) is 0 Å². The van der Waals surface area contributed by atoms with Gasteiger partial charge in [0.15, 0.2) is 5.65 Å². The average Bonchev–Trinajstić information content (AvgIpc) is 2.60. The third-order valence-corrected chi connectivity index (χ3v) is 4.31. The van der Waals surface area contributed by atoms with Crippen LogP contribution in [-0.4, -0.2) is 39.9 Å². The van der Waals surface area contributed by atoms with Crippen molar-refractivity contribution < 1.29 is 4.79 Å². The van der Waals surface area contributed by atoms with E-state index in [0.29, 0.717) is 10.8 Å². The average molecular weight is 363 g/mol. The Balaban J connectivity index is 2.30. The molecular formula is C19H27ClN4O. The zero-order valence-corrected chi connectivity index (χ0v) is 16.2. The highest BCUT2D eigenvalue weighted by atomic mass is 35.5. The highest BCUT2D eigenvalue weighted by Gasteiger charge is 2.20. The van der Waals surface area contributed by atoms with Crippen LogP contribution in [-0.2, 0) is 11.2 Å². The van der Waals surface area contributed by atoms with Crippen molar-refractivity contribution in [3.05, 3.63) is 29.0 Å². The van der Waals surface area contributed by atoms with Crippen molar-refractivity contribution in [3.63, 3.8) is 0 Å². The largest absolute Gasteiger partial charge is 0.373 e. The topological polar surface area (TPSA) is 58.1 Å². The van der Waals surface area contributed by atoms with Gasteiger partial charge >= 0.3 is 0 Å². The maximum atomic E-state index is 12.8. The molecule has 0 aliphatic heterocycles. The third-order valence-electron chi connectivity index (χ3n) is 4.10. The normalized spacial score (nSPS) is 12.2. The predicted molar refractivity (Wildman–Crippen MR) is 104 cm³/mol. The van der Waals surface area contributed by atoms with Crippen LogP contribution < -0.4 is 5.32 Å². The third kappa shape index (κ3) is 4.82. The molecule has 6 heteroatoms. The monoisotopic (exact) mass is 362 g/mol. The van der Waals surface area contributed by atoms with Crippen LogP contribution in [0.25, 0.3) is 11.0 Å². The molecule has 0 aliphatic carbocycles. The molecule has 1 N–H and O–H groups in total. The second-order valence-electron chi connectivity index (χ2n) is 6.21. The van der Waals surface area contributed by atoms with Crippen LogP contribution >= 0.6 is 11.6 Å².